The van der Waals surface area contributed by atoms with E-state index in [2.05, 4.69) is 9.05 Å². The molecular formula is C7H10O5P2. The molecule has 14 heavy (non-hydrogen) atoms. The van der Waals surface area contributed by atoms with Crippen molar-refractivity contribution in [2.45, 2.75) is 13.8 Å². The molecule has 0 aromatic carbocycles. The highest BCUT2D eigenvalue weighted by atomic mass is 31.0. The first-order chi connectivity index (χ1) is 6.45. The van der Waals surface area contributed by atoms with Gasteiger partial charge in [0.2, 0.25) is 0 Å². The second-order valence-electron chi connectivity index (χ2n) is 2.37. The summed E-state index contributed by atoms with van der Waals surface area (Å²) in [5.41, 5.74) is -0.396. The second-order valence-corrected chi connectivity index (χ2v) is 2.84. The molecule has 0 aliphatic heterocycles. The molecule has 0 amide bonds. The van der Waals surface area contributed by atoms with E-state index in [-0.39, 0.29) is 11.1 Å². The maximum atomic E-state index is 11.1. The lowest BCUT2D eigenvalue weighted by Gasteiger charge is -2.04. The first kappa shape index (κ1) is 13.2. The standard InChI is InChI=1S/C7H10O5P2/c1-3(6(9)11-13)5(4(2)8)7(10)12-14/h13-14H2,1-2H3/b5-3-. The van der Waals surface area contributed by atoms with Crippen LogP contribution in [-0.4, -0.2) is 17.7 Å². The van der Waals surface area contributed by atoms with E-state index in [0.29, 0.717) is 0 Å². The number of Topliss-reactive ketones (excluding diaryl/α,β-unsaturated/α-hetero) is 1. The summed E-state index contributed by atoms with van der Waals surface area (Å²) in [6.45, 7) is 2.47. The zero-order chi connectivity index (χ0) is 11.3. The fraction of sp³-hybridized carbons (Fsp3) is 0.286. The lowest BCUT2D eigenvalue weighted by atomic mass is 10.1. The van der Waals surface area contributed by atoms with E-state index < -0.39 is 17.7 Å². The summed E-state index contributed by atoms with van der Waals surface area (Å²) in [6.07, 6.45) is 0. The van der Waals surface area contributed by atoms with Gasteiger partial charge in [-0.1, -0.05) is 0 Å². The highest BCUT2D eigenvalue weighted by Crippen LogP contribution is 2.12. The molecule has 0 aliphatic carbocycles. The monoisotopic (exact) mass is 236 g/mol. The molecule has 0 N–H and O–H groups in total. The molecule has 7 heteroatoms. The van der Waals surface area contributed by atoms with Crippen molar-refractivity contribution in [3.05, 3.63) is 11.1 Å². The molecule has 0 aromatic heterocycles. The lowest BCUT2D eigenvalue weighted by molar-refractivity contribution is -0.133. The lowest BCUT2D eigenvalue weighted by Crippen LogP contribution is -2.16. The van der Waals surface area contributed by atoms with Crippen LogP contribution in [0.1, 0.15) is 13.8 Å². The summed E-state index contributed by atoms with van der Waals surface area (Å²) in [6, 6.07) is 0. The third-order valence-corrected chi connectivity index (χ3v) is 1.88. The van der Waals surface area contributed by atoms with Gasteiger partial charge in [-0.05, 0) is 13.8 Å². The molecule has 0 saturated heterocycles. The van der Waals surface area contributed by atoms with Gasteiger partial charge in [-0.15, -0.1) is 0 Å². The quantitative estimate of drug-likeness (QED) is 0.310. The van der Waals surface area contributed by atoms with E-state index in [1.807, 2.05) is 0 Å². The van der Waals surface area contributed by atoms with E-state index in [0.717, 1.165) is 6.92 Å². The fourth-order valence-electron chi connectivity index (χ4n) is 0.810. The largest absolute Gasteiger partial charge is 0.448 e. The summed E-state index contributed by atoms with van der Waals surface area (Å²) in [5.74, 6) is -2.20. The average Bonchev–Trinajstić information content (AvgIpc) is 2.15. The third-order valence-electron chi connectivity index (χ3n) is 1.45. The Morgan fingerprint density at radius 2 is 1.36 bits per heavy atom. The average molecular weight is 236 g/mol. The molecule has 0 aliphatic rings. The molecule has 0 rings (SSSR count). The Morgan fingerprint density at radius 3 is 1.64 bits per heavy atom. The van der Waals surface area contributed by atoms with Gasteiger partial charge >= 0.3 is 11.9 Å². The Bertz CT molecular complexity index is 307. The Balaban J connectivity index is 5.27. The minimum atomic E-state index is -0.879. The van der Waals surface area contributed by atoms with Gasteiger partial charge in [0, 0.05) is 0 Å². The van der Waals surface area contributed by atoms with Gasteiger partial charge < -0.3 is 9.05 Å². The van der Waals surface area contributed by atoms with Crippen molar-refractivity contribution >= 4 is 36.7 Å². The predicted molar refractivity (Wildman–Crippen MR) is 55.0 cm³/mol. The Labute approximate surface area is 85.8 Å². The smallest absolute Gasteiger partial charge is 0.344 e. The van der Waals surface area contributed by atoms with Crippen LogP contribution < -0.4 is 0 Å². The third kappa shape index (κ3) is 3.17. The van der Waals surface area contributed by atoms with E-state index in [9.17, 15) is 14.4 Å². The predicted octanol–water partition coefficient (Wildman–Crippen LogP) is 0.558. The number of rotatable bonds is 3. The van der Waals surface area contributed by atoms with E-state index >= 15 is 0 Å². The van der Waals surface area contributed by atoms with Crippen molar-refractivity contribution in [1.82, 2.24) is 0 Å². The van der Waals surface area contributed by atoms with Gasteiger partial charge in [-0.2, -0.15) is 0 Å². The Kier molecular flexibility index (Phi) is 5.51. The number of carbonyl (C=O) groups excluding carboxylic acids is 3. The summed E-state index contributed by atoms with van der Waals surface area (Å²) < 4.78 is 8.56. The van der Waals surface area contributed by atoms with Crippen LogP contribution in [0.4, 0.5) is 0 Å². The zero-order valence-corrected chi connectivity index (χ0v) is 10.0. The van der Waals surface area contributed by atoms with Gasteiger partial charge in [0.25, 0.3) is 0 Å². The first-order valence-electron chi connectivity index (χ1n) is 3.49. The molecule has 2 unspecified atom stereocenters. The van der Waals surface area contributed by atoms with Crippen molar-refractivity contribution in [1.29, 1.82) is 0 Å². The molecule has 0 aromatic rings. The molecular weight excluding hydrogens is 226 g/mol. The van der Waals surface area contributed by atoms with Crippen molar-refractivity contribution < 1.29 is 23.4 Å². The first-order valence-corrected chi connectivity index (χ1v) is 4.43. The van der Waals surface area contributed by atoms with Crippen LogP contribution >= 0.6 is 18.9 Å². The Hall–Kier alpha value is -0.790. The zero-order valence-electron chi connectivity index (χ0n) is 7.70. The molecule has 0 bridgehead atoms. The van der Waals surface area contributed by atoms with Gasteiger partial charge in [0.1, 0.15) is 5.57 Å². The molecule has 78 valence electrons. The van der Waals surface area contributed by atoms with Crippen LogP contribution in [0.25, 0.3) is 0 Å². The number of hydrogen-bond donors (Lipinski definition) is 0. The number of ketones is 1. The van der Waals surface area contributed by atoms with E-state index in [1.54, 1.807) is 18.9 Å². The fourth-order valence-corrected chi connectivity index (χ4v) is 1.10. The molecule has 0 spiro atoms. The topological polar surface area (TPSA) is 69.7 Å². The molecule has 0 fully saturated rings. The molecule has 2 atom stereocenters. The van der Waals surface area contributed by atoms with Crippen LogP contribution in [0.3, 0.4) is 0 Å². The molecule has 0 heterocycles. The van der Waals surface area contributed by atoms with Crippen molar-refractivity contribution in [2.24, 2.45) is 0 Å². The normalized spacial score (nSPS) is 11.4. The van der Waals surface area contributed by atoms with Crippen LogP contribution in [0.2, 0.25) is 0 Å². The highest BCUT2D eigenvalue weighted by molar-refractivity contribution is 7.11. The number of hydrogen-bond acceptors (Lipinski definition) is 5. The summed E-state index contributed by atoms with van der Waals surface area (Å²) in [7, 11) is 3.44. The van der Waals surface area contributed by atoms with Gasteiger partial charge in [0.15, 0.2) is 5.78 Å². The molecule has 0 saturated carbocycles. The van der Waals surface area contributed by atoms with Crippen LogP contribution in [0, 0.1) is 0 Å². The van der Waals surface area contributed by atoms with Gasteiger partial charge in [-0.25, -0.2) is 9.59 Å². The van der Waals surface area contributed by atoms with Crippen LogP contribution in [-0.2, 0) is 23.4 Å². The van der Waals surface area contributed by atoms with Crippen molar-refractivity contribution in [2.75, 3.05) is 0 Å². The molecule has 0 radical (unpaired) electrons. The molecule has 5 nitrogen and oxygen atoms in total. The minimum absolute atomic E-state index is 0.0834. The summed E-state index contributed by atoms with van der Waals surface area (Å²) >= 11 is 0. The minimum Gasteiger partial charge on any atom is -0.448 e. The summed E-state index contributed by atoms with van der Waals surface area (Å²) in [4.78, 5) is 33.1. The van der Waals surface area contributed by atoms with Gasteiger partial charge in [0.05, 0.1) is 24.5 Å². The van der Waals surface area contributed by atoms with Crippen molar-refractivity contribution in [3.63, 3.8) is 0 Å². The second kappa shape index (κ2) is 5.84. The van der Waals surface area contributed by atoms with Crippen molar-refractivity contribution in [3.8, 4) is 0 Å². The Morgan fingerprint density at radius 1 is 0.929 bits per heavy atom. The SMILES string of the molecule is CC(=O)/C(C(=O)OP)=C(\C)C(=O)OP. The van der Waals surface area contributed by atoms with Crippen LogP contribution in [0.5, 0.6) is 0 Å². The van der Waals surface area contributed by atoms with E-state index in [4.69, 9.17) is 0 Å². The summed E-state index contributed by atoms with van der Waals surface area (Å²) in [5, 5.41) is 0. The van der Waals surface area contributed by atoms with E-state index in [1.165, 1.54) is 6.92 Å². The number of carbonyl (C=O) groups is 3. The maximum Gasteiger partial charge on any atom is 0.344 e. The van der Waals surface area contributed by atoms with Gasteiger partial charge in [-0.3, -0.25) is 4.79 Å². The highest BCUT2D eigenvalue weighted by Gasteiger charge is 2.22. The maximum absolute atomic E-state index is 11.1. The van der Waals surface area contributed by atoms with Crippen LogP contribution in [0.15, 0.2) is 11.1 Å².